The summed E-state index contributed by atoms with van der Waals surface area (Å²) in [7, 11) is -3.37. The van der Waals surface area contributed by atoms with Crippen molar-refractivity contribution in [2.45, 2.75) is 51.0 Å². The molecule has 4 heteroatoms. The summed E-state index contributed by atoms with van der Waals surface area (Å²) < 4.78 is 27.6. The zero-order valence-electron chi connectivity index (χ0n) is 11.2. The van der Waals surface area contributed by atoms with Gasteiger partial charge in [0.2, 0.25) is 10.0 Å². The van der Waals surface area contributed by atoms with Gasteiger partial charge in [-0.05, 0) is 56.2 Å². The molecule has 1 aliphatic carbocycles. The molecule has 0 aromatic heterocycles. The van der Waals surface area contributed by atoms with E-state index in [2.05, 4.69) is 11.6 Å². The third kappa shape index (κ3) is 2.93. The predicted molar refractivity (Wildman–Crippen MR) is 73.0 cm³/mol. The number of rotatable bonds is 3. The molecule has 0 radical (unpaired) electrons. The molecule has 2 unspecified atom stereocenters. The molecule has 1 aromatic rings. The van der Waals surface area contributed by atoms with Crippen LogP contribution in [0.2, 0.25) is 0 Å². The SMILES string of the molecule is Cc1ccc(C)c(S(=O)(=O)NC2CCC(C)C2)c1. The van der Waals surface area contributed by atoms with Gasteiger partial charge in [0.15, 0.2) is 0 Å². The fraction of sp³-hybridized carbons (Fsp3) is 0.571. The fourth-order valence-electron chi connectivity index (χ4n) is 2.59. The molecule has 0 bridgehead atoms. The molecular weight excluding hydrogens is 246 g/mol. The van der Waals surface area contributed by atoms with Crippen molar-refractivity contribution < 1.29 is 8.42 Å². The molecule has 2 atom stereocenters. The lowest BCUT2D eigenvalue weighted by Gasteiger charge is -2.15. The summed E-state index contributed by atoms with van der Waals surface area (Å²) in [6, 6.07) is 5.65. The first kappa shape index (κ1) is 13.6. The maximum Gasteiger partial charge on any atom is 0.241 e. The summed E-state index contributed by atoms with van der Waals surface area (Å²) in [6.45, 7) is 5.92. The van der Waals surface area contributed by atoms with E-state index in [-0.39, 0.29) is 6.04 Å². The van der Waals surface area contributed by atoms with Crippen LogP contribution in [-0.2, 0) is 10.0 Å². The molecule has 1 N–H and O–H groups in total. The van der Waals surface area contributed by atoms with Gasteiger partial charge in [-0.1, -0.05) is 19.1 Å². The maximum atomic E-state index is 12.4. The van der Waals surface area contributed by atoms with Crippen LogP contribution >= 0.6 is 0 Å². The molecule has 1 aliphatic rings. The van der Waals surface area contributed by atoms with Gasteiger partial charge in [0.25, 0.3) is 0 Å². The quantitative estimate of drug-likeness (QED) is 0.915. The van der Waals surface area contributed by atoms with E-state index in [9.17, 15) is 8.42 Å². The lowest BCUT2D eigenvalue weighted by atomic mass is 10.1. The van der Waals surface area contributed by atoms with Crippen LogP contribution in [0.25, 0.3) is 0 Å². The predicted octanol–water partition coefficient (Wildman–Crippen LogP) is 2.77. The Balaban J connectivity index is 2.23. The number of aryl methyl sites for hydroxylation is 2. The molecule has 0 spiro atoms. The van der Waals surface area contributed by atoms with E-state index in [1.165, 1.54) is 0 Å². The summed E-state index contributed by atoms with van der Waals surface area (Å²) in [5, 5.41) is 0. The van der Waals surface area contributed by atoms with Crippen LogP contribution in [0.4, 0.5) is 0 Å². The molecule has 3 nitrogen and oxygen atoms in total. The van der Waals surface area contributed by atoms with Gasteiger partial charge in [0.1, 0.15) is 0 Å². The van der Waals surface area contributed by atoms with Crippen LogP contribution in [-0.4, -0.2) is 14.5 Å². The average molecular weight is 267 g/mol. The third-order valence-corrected chi connectivity index (χ3v) is 5.31. The minimum atomic E-state index is -3.37. The Morgan fingerprint density at radius 2 is 1.94 bits per heavy atom. The molecule has 1 fully saturated rings. The van der Waals surface area contributed by atoms with Crippen molar-refractivity contribution in [1.82, 2.24) is 4.72 Å². The zero-order chi connectivity index (χ0) is 13.3. The minimum Gasteiger partial charge on any atom is -0.208 e. The lowest BCUT2D eigenvalue weighted by Crippen LogP contribution is -2.33. The molecule has 0 aliphatic heterocycles. The van der Waals surface area contributed by atoms with Crippen LogP contribution in [0, 0.1) is 19.8 Å². The largest absolute Gasteiger partial charge is 0.241 e. The number of hydrogen-bond donors (Lipinski definition) is 1. The smallest absolute Gasteiger partial charge is 0.208 e. The van der Waals surface area contributed by atoms with Crippen LogP contribution in [0.3, 0.4) is 0 Å². The summed E-state index contributed by atoms with van der Waals surface area (Å²) in [5.41, 5.74) is 1.78. The van der Waals surface area contributed by atoms with Crippen molar-refractivity contribution in [2.24, 2.45) is 5.92 Å². The second kappa shape index (κ2) is 5.02. The van der Waals surface area contributed by atoms with Crippen LogP contribution in [0.15, 0.2) is 23.1 Å². The zero-order valence-corrected chi connectivity index (χ0v) is 12.0. The van der Waals surface area contributed by atoms with Crippen LogP contribution < -0.4 is 4.72 Å². The summed E-state index contributed by atoms with van der Waals surface area (Å²) in [6.07, 6.45) is 3.01. The van der Waals surface area contributed by atoms with Crippen molar-refractivity contribution >= 4 is 10.0 Å². The van der Waals surface area contributed by atoms with Gasteiger partial charge in [-0.2, -0.15) is 0 Å². The first-order valence-electron chi connectivity index (χ1n) is 6.48. The molecule has 18 heavy (non-hydrogen) atoms. The Morgan fingerprint density at radius 1 is 1.22 bits per heavy atom. The van der Waals surface area contributed by atoms with E-state index in [0.29, 0.717) is 10.8 Å². The molecule has 0 amide bonds. The van der Waals surface area contributed by atoms with Crippen molar-refractivity contribution in [2.75, 3.05) is 0 Å². The van der Waals surface area contributed by atoms with Crippen molar-refractivity contribution in [3.05, 3.63) is 29.3 Å². The van der Waals surface area contributed by atoms with Gasteiger partial charge >= 0.3 is 0 Å². The summed E-state index contributed by atoms with van der Waals surface area (Å²) in [5.74, 6) is 0.622. The normalized spacial score (nSPS) is 24.4. The second-order valence-electron chi connectivity index (χ2n) is 5.51. The molecule has 1 aromatic carbocycles. The Labute approximate surface area is 110 Å². The molecular formula is C14H21NO2S. The van der Waals surface area contributed by atoms with Gasteiger partial charge in [-0.3, -0.25) is 0 Å². The first-order valence-corrected chi connectivity index (χ1v) is 7.96. The Morgan fingerprint density at radius 3 is 2.56 bits per heavy atom. The minimum absolute atomic E-state index is 0.102. The van der Waals surface area contributed by atoms with Gasteiger partial charge in [-0.25, -0.2) is 13.1 Å². The van der Waals surface area contributed by atoms with Crippen LogP contribution in [0.1, 0.15) is 37.3 Å². The highest BCUT2D eigenvalue weighted by Crippen LogP contribution is 2.26. The van der Waals surface area contributed by atoms with Crippen molar-refractivity contribution in [1.29, 1.82) is 0 Å². The van der Waals surface area contributed by atoms with Crippen molar-refractivity contribution in [3.63, 3.8) is 0 Å². The van der Waals surface area contributed by atoms with E-state index in [1.807, 2.05) is 26.0 Å². The Hall–Kier alpha value is -0.870. The molecule has 0 saturated heterocycles. The molecule has 0 heterocycles. The topological polar surface area (TPSA) is 46.2 Å². The van der Waals surface area contributed by atoms with E-state index < -0.39 is 10.0 Å². The van der Waals surface area contributed by atoms with Crippen LogP contribution in [0.5, 0.6) is 0 Å². The number of hydrogen-bond acceptors (Lipinski definition) is 2. The highest BCUT2D eigenvalue weighted by atomic mass is 32.2. The number of nitrogens with one attached hydrogen (secondary N) is 1. The standard InChI is InChI=1S/C14H21NO2S/c1-10-5-7-13(8-10)15-18(16,17)14-9-11(2)4-6-12(14)3/h4,6,9-10,13,15H,5,7-8H2,1-3H3. The van der Waals surface area contributed by atoms with E-state index in [0.717, 1.165) is 30.4 Å². The van der Waals surface area contributed by atoms with Gasteiger partial charge in [0, 0.05) is 6.04 Å². The monoisotopic (exact) mass is 267 g/mol. The van der Waals surface area contributed by atoms with E-state index >= 15 is 0 Å². The Bertz CT molecular complexity index is 537. The maximum absolute atomic E-state index is 12.4. The third-order valence-electron chi connectivity index (χ3n) is 3.65. The lowest BCUT2D eigenvalue weighted by molar-refractivity contribution is 0.538. The first-order chi connectivity index (χ1) is 8.38. The Kier molecular flexibility index (Phi) is 3.78. The summed E-state index contributed by atoms with van der Waals surface area (Å²) in [4.78, 5) is 0.419. The molecule has 100 valence electrons. The molecule has 1 saturated carbocycles. The second-order valence-corrected chi connectivity index (χ2v) is 7.19. The number of sulfonamides is 1. The van der Waals surface area contributed by atoms with Gasteiger partial charge < -0.3 is 0 Å². The average Bonchev–Trinajstić information content (AvgIpc) is 2.66. The van der Waals surface area contributed by atoms with Gasteiger partial charge in [0.05, 0.1) is 4.90 Å². The van der Waals surface area contributed by atoms with E-state index in [1.54, 1.807) is 6.07 Å². The molecule has 2 rings (SSSR count). The van der Waals surface area contributed by atoms with E-state index in [4.69, 9.17) is 0 Å². The van der Waals surface area contributed by atoms with Crippen molar-refractivity contribution in [3.8, 4) is 0 Å². The summed E-state index contributed by atoms with van der Waals surface area (Å²) >= 11 is 0. The van der Waals surface area contributed by atoms with Gasteiger partial charge in [-0.15, -0.1) is 0 Å². The highest BCUT2D eigenvalue weighted by Gasteiger charge is 2.27. The number of benzene rings is 1. The highest BCUT2D eigenvalue weighted by molar-refractivity contribution is 7.89. The fourth-order valence-corrected chi connectivity index (χ4v) is 4.21.